The van der Waals surface area contributed by atoms with E-state index in [0.29, 0.717) is 11.6 Å². The van der Waals surface area contributed by atoms with Gasteiger partial charge in [0.05, 0.1) is 24.8 Å². The number of benzene rings is 1. The second-order valence-electron chi connectivity index (χ2n) is 7.29. The minimum atomic E-state index is -3.65. The largest absolute Gasteiger partial charge is 0.469 e. The van der Waals surface area contributed by atoms with E-state index in [9.17, 15) is 13.2 Å². The molecule has 27 heavy (non-hydrogen) atoms. The summed E-state index contributed by atoms with van der Waals surface area (Å²) in [6, 6.07) is 6.87. The number of hydrogen-bond acceptors (Lipinski definition) is 5. The van der Waals surface area contributed by atoms with Gasteiger partial charge in [0.25, 0.3) is 0 Å². The molecule has 0 unspecified atom stereocenters. The zero-order valence-electron chi connectivity index (χ0n) is 15.8. The maximum Gasteiger partial charge on any atom is 0.310 e. The molecule has 1 N–H and O–H groups in total. The third-order valence-corrected chi connectivity index (χ3v) is 8.36. The zero-order chi connectivity index (χ0) is 20.7. The van der Waals surface area contributed by atoms with Gasteiger partial charge in [0.15, 0.2) is 0 Å². The summed E-state index contributed by atoms with van der Waals surface area (Å²) in [6.45, 7) is 6.08. The van der Waals surface area contributed by atoms with Crippen molar-refractivity contribution in [2.45, 2.75) is 31.7 Å². The van der Waals surface area contributed by atoms with Crippen LogP contribution in [0.4, 0.5) is 0 Å². The van der Waals surface area contributed by atoms with Crippen molar-refractivity contribution in [2.24, 2.45) is 11.0 Å². The van der Waals surface area contributed by atoms with E-state index in [0.717, 1.165) is 3.57 Å². The Labute approximate surface area is 174 Å². The van der Waals surface area contributed by atoms with Gasteiger partial charge in [0.2, 0.25) is 10.0 Å². The summed E-state index contributed by atoms with van der Waals surface area (Å²) in [5.74, 6) is -1.62. The van der Waals surface area contributed by atoms with Crippen LogP contribution in [0.3, 0.4) is 0 Å². The standard InChI is InChI=1S/C16H25IN4O4SSi/c1-25-16(22)13(11-19-21-18)15(12-7-5-6-8-14(12)17)20-26(23,24)9-10-27(2,3)4/h5-8,13,15,20H,9-11H2,1-4H3/t13-,15+/m1/s1. The Balaban J connectivity index is 3.31. The maximum absolute atomic E-state index is 12.7. The van der Waals surface area contributed by atoms with Crippen LogP contribution in [-0.4, -0.2) is 41.9 Å². The molecule has 150 valence electrons. The lowest BCUT2D eigenvalue weighted by molar-refractivity contribution is -0.146. The van der Waals surface area contributed by atoms with E-state index < -0.39 is 36.0 Å². The minimum Gasteiger partial charge on any atom is -0.469 e. The number of hydrogen-bond donors (Lipinski definition) is 1. The average Bonchev–Trinajstić information content (AvgIpc) is 2.59. The van der Waals surface area contributed by atoms with Crippen LogP contribution in [0.25, 0.3) is 10.4 Å². The molecule has 11 heteroatoms. The highest BCUT2D eigenvalue weighted by atomic mass is 127. The molecule has 0 amide bonds. The van der Waals surface area contributed by atoms with E-state index in [4.69, 9.17) is 10.3 Å². The molecule has 0 aliphatic carbocycles. The van der Waals surface area contributed by atoms with E-state index in [1.807, 2.05) is 12.1 Å². The molecule has 0 saturated heterocycles. The minimum absolute atomic E-state index is 0.0158. The SMILES string of the molecule is COC(=O)[C@H](CN=[N+]=[N-])[C@@H](NS(=O)(=O)CC[Si](C)(C)C)c1ccccc1I. The van der Waals surface area contributed by atoms with Gasteiger partial charge in [-0.2, -0.15) is 0 Å². The predicted molar refractivity (Wildman–Crippen MR) is 116 cm³/mol. The van der Waals surface area contributed by atoms with E-state index >= 15 is 0 Å². The predicted octanol–water partition coefficient (Wildman–Crippen LogP) is 3.69. The summed E-state index contributed by atoms with van der Waals surface area (Å²) in [7, 11) is -4.00. The van der Waals surface area contributed by atoms with Gasteiger partial charge in [-0.05, 0) is 45.8 Å². The topological polar surface area (TPSA) is 121 Å². The first-order valence-corrected chi connectivity index (χ1v) is 14.8. The first-order valence-electron chi connectivity index (χ1n) is 8.34. The summed E-state index contributed by atoms with van der Waals surface area (Å²) >= 11 is 2.08. The summed E-state index contributed by atoms with van der Waals surface area (Å²) in [4.78, 5) is 15.0. The Morgan fingerprint density at radius 2 is 2.00 bits per heavy atom. The Hall–Kier alpha value is -1.14. The fourth-order valence-electron chi connectivity index (χ4n) is 2.37. The van der Waals surface area contributed by atoms with Crippen LogP contribution in [0, 0.1) is 9.49 Å². The van der Waals surface area contributed by atoms with Crippen molar-refractivity contribution >= 4 is 46.7 Å². The van der Waals surface area contributed by atoms with Crippen molar-refractivity contribution in [1.29, 1.82) is 0 Å². The van der Waals surface area contributed by atoms with Crippen molar-refractivity contribution in [3.63, 3.8) is 0 Å². The number of methoxy groups -OCH3 is 1. The first-order chi connectivity index (χ1) is 12.5. The molecule has 0 heterocycles. The number of carbonyl (C=O) groups excluding carboxylic acids is 1. The number of azide groups is 1. The molecule has 0 bridgehead atoms. The van der Waals surface area contributed by atoms with Crippen molar-refractivity contribution in [3.05, 3.63) is 43.8 Å². The monoisotopic (exact) mass is 524 g/mol. The smallest absolute Gasteiger partial charge is 0.310 e. The highest BCUT2D eigenvalue weighted by Crippen LogP contribution is 2.29. The van der Waals surface area contributed by atoms with Gasteiger partial charge < -0.3 is 4.74 Å². The number of nitrogens with one attached hydrogen (secondary N) is 1. The quantitative estimate of drug-likeness (QED) is 0.125. The fourth-order valence-corrected chi connectivity index (χ4v) is 7.42. The lowest BCUT2D eigenvalue weighted by Gasteiger charge is -2.27. The lowest BCUT2D eigenvalue weighted by Crippen LogP contribution is -2.41. The summed E-state index contributed by atoms with van der Waals surface area (Å²) in [5.41, 5.74) is 9.29. The highest BCUT2D eigenvalue weighted by Gasteiger charge is 2.34. The number of esters is 1. The Morgan fingerprint density at radius 3 is 2.52 bits per heavy atom. The highest BCUT2D eigenvalue weighted by molar-refractivity contribution is 14.1. The molecule has 0 aromatic heterocycles. The molecule has 0 fully saturated rings. The number of nitrogens with zero attached hydrogens (tertiary/aromatic N) is 3. The molecular formula is C16H25IN4O4SSi. The normalized spacial score (nSPS) is 14.1. The van der Waals surface area contributed by atoms with Crippen molar-refractivity contribution in [3.8, 4) is 0 Å². The molecule has 8 nitrogen and oxygen atoms in total. The van der Waals surface area contributed by atoms with Crippen LogP contribution in [0.2, 0.25) is 25.7 Å². The molecule has 0 aliphatic heterocycles. The zero-order valence-corrected chi connectivity index (χ0v) is 19.8. The van der Waals surface area contributed by atoms with Crippen LogP contribution in [0.1, 0.15) is 11.6 Å². The molecule has 1 rings (SSSR count). The number of sulfonamides is 1. The number of ether oxygens (including phenoxy) is 1. The third kappa shape index (κ3) is 8.17. The molecule has 0 aliphatic rings. The van der Waals surface area contributed by atoms with Crippen LogP contribution in [0.5, 0.6) is 0 Å². The van der Waals surface area contributed by atoms with E-state index in [-0.39, 0.29) is 12.3 Å². The van der Waals surface area contributed by atoms with Crippen LogP contribution >= 0.6 is 22.6 Å². The van der Waals surface area contributed by atoms with Gasteiger partial charge in [-0.1, -0.05) is 43.0 Å². The van der Waals surface area contributed by atoms with Crippen LogP contribution < -0.4 is 4.72 Å². The fraction of sp³-hybridized carbons (Fsp3) is 0.562. The Bertz CT molecular complexity index is 807. The van der Waals surface area contributed by atoms with Crippen LogP contribution in [0.15, 0.2) is 29.4 Å². The molecule has 0 saturated carbocycles. The Kier molecular flexibility index (Phi) is 9.22. The van der Waals surface area contributed by atoms with Crippen molar-refractivity contribution in [1.82, 2.24) is 4.72 Å². The molecule has 0 radical (unpaired) electrons. The molecule has 1 aromatic rings. The lowest BCUT2D eigenvalue weighted by atomic mass is 9.94. The van der Waals surface area contributed by atoms with Crippen LogP contribution in [-0.2, 0) is 19.6 Å². The molecule has 1 aromatic carbocycles. The average molecular weight is 524 g/mol. The van der Waals surface area contributed by atoms with Gasteiger partial charge in [0.1, 0.15) is 0 Å². The number of rotatable bonds is 10. The number of carbonyl (C=O) groups is 1. The van der Waals surface area contributed by atoms with Crippen molar-refractivity contribution in [2.75, 3.05) is 19.4 Å². The van der Waals surface area contributed by atoms with Gasteiger partial charge >= 0.3 is 5.97 Å². The van der Waals surface area contributed by atoms with Gasteiger partial charge in [-0.25, -0.2) is 13.1 Å². The first kappa shape index (κ1) is 23.9. The Morgan fingerprint density at radius 1 is 1.37 bits per heavy atom. The second-order valence-corrected chi connectivity index (χ2v) is 15.9. The summed E-state index contributed by atoms with van der Waals surface area (Å²) < 4.78 is 33.7. The van der Waals surface area contributed by atoms with E-state index in [2.05, 4.69) is 57.0 Å². The van der Waals surface area contributed by atoms with Gasteiger partial charge in [-0.3, -0.25) is 4.79 Å². The summed E-state index contributed by atoms with van der Waals surface area (Å²) in [5, 5.41) is 3.48. The molecular weight excluding hydrogens is 499 g/mol. The van der Waals surface area contributed by atoms with E-state index in [1.165, 1.54) is 7.11 Å². The summed E-state index contributed by atoms with van der Waals surface area (Å²) in [6.07, 6.45) is 0. The third-order valence-electron chi connectivity index (χ3n) is 3.92. The van der Waals surface area contributed by atoms with E-state index in [1.54, 1.807) is 12.1 Å². The van der Waals surface area contributed by atoms with Crippen molar-refractivity contribution < 1.29 is 17.9 Å². The van der Waals surface area contributed by atoms with Gasteiger partial charge in [-0.15, -0.1) is 0 Å². The number of halogens is 1. The molecule has 0 spiro atoms. The second kappa shape index (κ2) is 10.4. The molecule has 2 atom stereocenters. The van der Waals surface area contributed by atoms with Gasteiger partial charge in [0, 0.05) is 23.1 Å². The maximum atomic E-state index is 12.7.